The summed E-state index contributed by atoms with van der Waals surface area (Å²) in [6, 6.07) is 4.20. The maximum atomic E-state index is 13.0. The third kappa shape index (κ3) is 3.72. The summed E-state index contributed by atoms with van der Waals surface area (Å²) < 4.78 is 7.47. The van der Waals surface area contributed by atoms with Gasteiger partial charge in [-0.15, -0.1) is 0 Å². The molecular formula is C20H22N4O8. The summed E-state index contributed by atoms with van der Waals surface area (Å²) in [5.41, 5.74) is -0.108. The lowest BCUT2D eigenvalue weighted by Gasteiger charge is -2.20. The number of benzene rings is 1. The number of hydrogen-bond acceptors (Lipinski definition) is 8. The van der Waals surface area contributed by atoms with Gasteiger partial charge >= 0.3 is 5.69 Å². The predicted octanol–water partition coefficient (Wildman–Crippen LogP) is -0.543. The number of nitro groups is 1. The first-order valence-electron chi connectivity index (χ1n) is 10.1. The Kier molecular flexibility index (Phi) is 5.67. The molecule has 4 rings (SSSR count). The van der Waals surface area contributed by atoms with Crippen LogP contribution < -0.4 is 16.1 Å². The summed E-state index contributed by atoms with van der Waals surface area (Å²) in [5.74, 6) is -0.505. The number of carbonyl (C=O) groups excluding carboxylic acids is 1. The average molecular weight is 446 g/mol. The van der Waals surface area contributed by atoms with Crippen LogP contribution in [0.1, 0.15) is 23.8 Å². The number of anilines is 1. The van der Waals surface area contributed by atoms with Gasteiger partial charge in [0, 0.05) is 42.5 Å². The fraction of sp³-hybridized carbons (Fsp3) is 0.450. The van der Waals surface area contributed by atoms with Crippen LogP contribution in [-0.4, -0.2) is 55.5 Å². The zero-order valence-electron chi connectivity index (χ0n) is 17.2. The first kappa shape index (κ1) is 21.9. The summed E-state index contributed by atoms with van der Waals surface area (Å²) in [5, 5.41) is 30.2. The van der Waals surface area contributed by atoms with Gasteiger partial charge in [-0.2, -0.15) is 0 Å². The van der Waals surface area contributed by atoms with Gasteiger partial charge in [0.2, 0.25) is 5.91 Å². The molecule has 2 N–H and O–H groups in total. The Hall–Kier alpha value is -3.35. The second-order valence-corrected chi connectivity index (χ2v) is 7.87. The molecule has 1 amide bonds. The third-order valence-corrected chi connectivity index (χ3v) is 5.83. The Morgan fingerprint density at radius 1 is 1.34 bits per heavy atom. The van der Waals surface area contributed by atoms with Crippen molar-refractivity contribution in [3.8, 4) is 0 Å². The molecule has 0 saturated carbocycles. The summed E-state index contributed by atoms with van der Waals surface area (Å²) in [6.07, 6.45) is -0.916. The third-order valence-electron chi connectivity index (χ3n) is 5.83. The maximum absolute atomic E-state index is 13.0. The lowest BCUT2D eigenvalue weighted by molar-refractivity contribution is -0.384. The highest BCUT2D eigenvalue weighted by Gasteiger charge is 2.36. The van der Waals surface area contributed by atoms with Gasteiger partial charge in [0.1, 0.15) is 18.9 Å². The molecule has 3 heterocycles. The molecule has 1 aromatic carbocycles. The van der Waals surface area contributed by atoms with Crippen molar-refractivity contribution in [3.05, 3.63) is 66.5 Å². The van der Waals surface area contributed by atoms with E-state index >= 15 is 0 Å². The molecule has 1 aromatic heterocycles. The number of non-ortho nitro benzene ring substituents is 1. The zero-order chi connectivity index (χ0) is 23.2. The number of aromatic nitrogens is 2. The SMILES string of the molecule is Cc1cn(C2CC(O)C(CO)O2)c(=O)n(CC(=O)N2CCc3cc([N+](=O)[O-])ccc32)c1=O. The Labute approximate surface area is 181 Å². The lowest BCUT2D eigenvalue weighted by atomic mass is 10.1. The van der Waals surface area contributed by atoms with Gasteiger partial charge in [0.25, 0.3) is 11.2 Å². The van der Waals surface area contributed by atoms with Crippen LogP contribution in [0.3, 0.4) is 0 Å². The highest BCUT2D eigenvalue weighted by molar-refractivity contribution is 5.95. The number of amides is 1. The standard InChI is InChI=1S/C20H22N4O8/c1-11-8-22(18-7-15(26)16(10-25)32-18)20(29)23(19(11)28)9-17(27)21-5-4-12-6-13(24(30)31)2-3-14(12)21/h2-3,6,8,15-16,18,25-26H,4-5,7,9-10H2,1H3. The van der Waals surface area contributed by atoms with E-state index in [1.165, 1.54) is 36.2 Å². The first-order chi connectivity index (χ1) is 15.2. The van der Waals surface area contributed by atoms with Gasteiger partial charge < -0.3 is 19.8 Å². The minimum absolute atomic E-state index is 0.0506. The van der Waals surface area contributed by atoms with Crippen molar-refractivity contribution in [2.24, 2.45) is 0 Å². The van der Waals surface area contributed by atoms with Gasteiger partial charge in [-0.25, -0.2) is 4.79 Å². The van der Waals surface area contributed by atoms with Crippen LogP contribution >= 0.6 is 0 Å². The molecular weight excluding hydrogens is 424 g/mol. The molecule has 0 aliphatic carbocycles. The van der Waals surface area contributed by atoms with Crippen molar-refractivity contribution in [1.82, 2.24) is 9.13 Å². The molecule has 3 unspecified atom stereocenters. The Morgan fingerprint density at radius 2 is 2.09 bits per heavy atom. The first-order valence-corrected chi connectivity index (χ1v) is 10.1. The number of ether oxygens (including phenoxy) is 1. The number of carbonyl (C=O) groups is 1. The number of hydrogen-bond donors (Lipinski definition) is 2. The van der Waals surface area contributed by atoms with E-state index in [1.807, 2.05) is 0 Å². The summed E-state index contributed by atoms with van der Waals surface area (Å²) in [4.78, 5) is 50.5. The molecule has 2 aromatic rings. The van der Waals surface area contributed by atoms with Crippen LogP contribution in [0.15, 0.2) is 34.0 Å². The Morgan fingerprint density at radius 3 is 2.75 bits per heavy atom. The van der Waals surface area contributed by atoms with Crippen LogP contribution in [0, 0.1) is 17.0 Å². The van der Waals surface area contributed by atoms with Gasteiger partial charge in [-0.05, 0) is 25.0 Å². The second-order valence-electron chi connectivity index (χ2n) is 7.87. The van der Waals surface area contributed by atoms with Gasteiger partial charge in [-0.3, -0.25) is 28.8 Å². The quantitative estimate of drug-likeness (QED) is 0.458. The largest absolute Gasteiger partial charge is 0.394 e. The molecule has 12 heteroatoms. The van der Waals surface area contributed by atoms with Crippen LogP contribution in [0.5, 0.6) is 0 Å². The number of fused-ring (bicyclic) bond motifs is 1. The average Bonchev–Trinajstić information content (AvgIpc) is 3.36. The number of aliphatic hydroxyl groups excluding tert-OH is 2. The molecule has 1 saturated heterocycles. The van der Waals surface area contributed by atoms with E-state index in [-0.39, 0.29) is 24.2 Å². The van der Waals surface area contributed by atoms with Crippen molar-refractivity contribution in [2.75, 3.05) is 18.1 Å². The number of aliphatic hydroxyl groups is 2. The van der Waals surface area contributed by atoms with Crippen LogP contribution in [0.25, 0.3) is 0 Å². The smallest absolute Gasteiger partial charge is 0.333 e. The fourth-order valence-corrected chi connectivity index (χ4v) is 4.14. The van der Waals surface area contributed by atoms with E-state index in [4.69, 9.17) is 4.74 Å². The van der Waals surface area contributed by atoms with E-state index in [1.54, 1.807) is 0 Å². The molecule has 0 bridgehead atoms. The molecule has 2 aliphatic heterocycles. The topological polar surface area (TPSA) is 157 Å². The molecule has 3 atom stereocenters. The van der Waals surface area contributed by atoms with Crippen LogP contribution in [-0.2, 0) is 22.5 Å². The maximum Gasteiger partial charge on any atom is 0.333 e. The van der Waals surface area contributed by atoms with Gasteiger partial charge in [0.05, 0.1) is 17.6 Å². The molecule has 0 spiro atoms. The highest BCUT2D eigenvalue weighted by Crippen LogP contribution is 2.31. The van der Waals surface area contributed by atoms with Crippen molar-refractivity contribution in [3.63, 3.8) is 0 Å². The van der Waals surface area contributed by atoms with E-state index in [0.717, 1.165) is 9.13 Å². The Balaban J connectivity index is 1.63. The van der Waals surface area contributed by atoms with Crippen LogP contribution in [0.2, 0.25) is 0 Å². The normalized spacial score (nSPS) is 22.2. The zero-order valence-corrected chi connectivity index (χ0v) is 17.2. The van der Waals surface area contributed by atoms with Crippen molar-refractivity contribution in [2.45, 2.75) is 44.7 Å². The summed E-state index contributed by atoms with van der Waals surface area (Å²) >= 11 is 0. The summed E-state index contributed by atoms with van der Waals surface area (Å²) in [6.45, 7) is 0.836. The van der Waals surface area contributed by atoms with Crippen molar-refractivity contribution < 1.29 is 24.7 Å². The molecule has 32 heavy (non-hydrogen) atoms. The molecule has 1 fully saturated rings. The summed E-state index contributed by atoms with van der Waals surface area (Å²) in [7, 11) is 0. The van der Waals surface area contributed by atoms with E-state index < -0.39 is 53.7 Å². The molecule has 2 aliphatic rings. The molecule has 170 valence electrons. The predicted molar refractivity (Wildman–Crippen MR) is 110 cm³/mol. The number of nitro benzene ring substituents is 1. The number of nitrogens with zero attached hydrogens (tertiary/aromatic N) is 4. The monoisotopic (exact) mass is 446 g/mol. The van der Waals surface area contributed by atoms with Crippen LogP contribution in [0.4, 0.5) is 11.4 Å². The van der Waals surface area contributed by atoms with Gasteiger partial charge in [0.15, 0.2) is 0 Å². The van der Waals surface area contributed by atoms with E-state index in [9.17, 15) is 34.7 Å². The van der Waals surface area contributed by atoms with Crippen molar-refractivity contribution in [1.29, 1.82) is 0 Å². The number of aryl methyl sites for hydroxylation is 1. The lowest BCUT2D eigenvalue weighted by Crippen LogP contribution is -2.46. The second kappa shape index (κ2) is 8.30. The fourth-order valence-electron chi connectivity index (χ4n) is 4.14. The molecule has 12 nitrogen and oxygen atoms in total. The molecule has 0 radical (unpaired) electrons. The van der Waals surface area contributed by atoms with Crippen molar-refractivity contribution >= 4 is 17.3 Å². The van der Waals surface area contributed by atoms with E-state index in [0.29, 0.717) is 17.7 Å². The highest BCUT2D eigenvalue weighted by atomic mass is 16.6. The number of rotatable bonds is 5. The minimum atomic E-state index is -0.968. The minimum Gasteiger partial charge on any atom is -0.394 e. The van der Waals surface area contributed by atoms with Gasteiger partial charge in [-0.1, -0.05) is 0 Å². The van der Waals surface area contributed by atoms with E-state index in [2.05, 4.69) is 0 Å². The Bertz CT molecular complexity index is 1200.